The number of carbonyl (C=O) groups is 1. The van der Waals surface area contributed by atoms with Crippen molar-refractivity contribution >= 4 is 29.1 Å². The van der Waals surface area contributed by atoms with Crippen LogP contribution >= 0.6 is 11.6 Å². The van der Waals surface area contributed by atoms with Crippen molar-refractivity contribution < 1.29 is 9.18 Å². The van der Waals surface area contributed by atoms with Crippen LogP contribution in [0.1, 0.15) is 23.2 Å². The lowest BCUT2D eigenvalue weighted by atomic mass is 10.2. The number of halogens is 2. The van der Waals surface area contributed by atoms with Gasteiger partial charge in [-0.05, 0) is 31.0 Å². The summed E-state index contributed by atoms with van der Waals surface area (Å²) in [6.07, 6.45) is 5.13. The highest BCUT2D eigenvalue weighted by molar-refractivity contribution is 6.31. The van der Waals surface area contributed by atoms with Gasteiger partial charge in [0.25, 0.3) is 5.91 Å². The predicted molar refractivity (Wildman–Crippen MR) is 78.0 cm³/mol. The first kappa shape index (κ1) is 13.8. The van der Waals surface area contributed by atoms with E-state index in [1.807, 2.05) is 0 Å². The van der Waals surface area contributed by atoms with Crippen LogP contribution in [-0.4, -0.2) is 21.9 Å². The molecule has 1 heterocycles. The van der Waals surface area contributed by atoms with Gasteiger partial charge in [-0.25, -0.2) is 14.4 Å². The SMILES string of the molecule is O=C(Nc1ccc(F)c(Cl)c1)c1cnc(NC2CC2)nc1. The largest absolute Gasteiger partial charge is 0.351 e. The van der Waals surface area contributed by atoms with E-state index in [-0.39, 0.29) is 10.9 Å². The Kier molecular flexibility index (Phi) is 3.70. The van der Waals surface area contributed by atoms with Gasteiger partial charge in [0.1, 0.15) is 5.82 Å². The molecule has 0 unspecified atom stereocenters. The number of anilines is 2. The molecule has 0 spiro atoms. The van der Waals surface area contributed by atoms with Crippen LogP contribution in [0.5, 0.6) is 0 Å². The fraction of sp³-hybridized carbons (Fsp3) is 0.214. The molecule has 1 aliphatic carbocycles. The van der Waals surface area contributed by atoms with Gasteiger partial charge in [-0.3, -0.25) is 4.79 Å². The van der Waals surface area contributed by atoms with Crippen molar-refractivity contribution in [1.29, 1.82) is 0 Å². The first-order valence-corrected chi connectivity index (χ1v) is 6.84. The summed E-state index contributed by atoms with van der Waals surface area (Å²) >= 11 is 5.66. The van der Waals surface area contributed by atoms with E-state index in [1.54, 1.807) is 0 Å². The zero-order valence-corrected chi connectivity index (χ0v) is 11.7. The summed E-state index contributed by atoms with van der Waals surface area (Å²) in [6.45, 7) is 0. The molecule has 1 aromatic carbocycles. The third-order valence-corrected chi connectivity index (χ3v) is 3.29. The molecule has 7 heteroatoms. The van der Waals surface area contributed by atoms with Crippen molar-refractivity contribution in [2.24, 2.45) is 0 Å². The van der Waals surface area contributed by atoms with Gasteiger partial charge in [-0.1, -0.05) is 11.6 Å². The first-order valence-electron chi connectivity index (χ1n) is 6.47. The Bertz CT molecular complexity index is 673. The van der Waals surface area contributed by atoms with Gasteiger partial charge in [-0.2, -0.15) is 0 Å². The van der Waals surface area contributed by atoms with Crippen LogP contribution in [0.25, 0.3) is 0 Å². The lowest BCUT2D eigenvalue weighted by molar-refractivity contribution is 0.102. The van der Waals surface area contributed by atoms with Crippen molar-refractivity contribution in [1.82, 2.24) is 9.97 Å². The summed E-state index contributed by atoms with van der Waals surface area (Å²) in [5.74, 6) is -0.400. The molecular weight excluding hydrogens is 295 g/mol. The van der Waals surface area contributed by atoms with Gasteiger partial charge in [0.15, 0.2) is 0 Å². The average molecular weight is 307 g/mol. The van der Waals surface area contributed by atoms with E-state index >= 15 is 0 Å². The van der Waals surface area contributed by atoms with Crippen LogP contribution < -0.4 is 10.6 Å². The van der Waals surface area contributed by atoms with Gasteiger partial charge >= 0.3 is 0 Å². The molecule has 1 amide bonds. The molecule has 2 N–H and O–H groups in total. The van der Waals surface area contributed by atoms with Crippen molar-refractivity contribution in [2.75, 3.05) is 10.6 Å². The molecule has 108 valence electrons. The maximum Gasteiger partial charge on any atom is 0.258 e. The minimum absolute atomic E-state index is 0.0481. The topological polar surface area (TPSA) is 66.9 Å². The molecule has 1 aromatic heterocycles. The van der Waals surface area contributed by atoms with Crippen LogP contribution in [0, 0.1) is 5.82 Å². The molecule has 0 saturated heterocycles. The molecular formula is C14H12ClFN4O. The molecule has 3 rings (SSSR count). The van der Waals surface area contributed by atoms with Gasteiger partial charge in [0, 0.05) is 24.1 Å². The molecule has 21 heavy (non-hydrogen) atoms. The molecule has 1 saturated carbocycles. The Morgan fingerprint density at radius 3 is 2.62 bits per heavy atom. The smallest absolute Gasteiger partial charge is 0.258 e. The fourth-order valence-electron chi connectivity index (χ4n) is 1.71. The summed E-state index contributed by atoms with van der Waals surface area (Å²) in [4.78, 5) is 20.2. The van der Waals surface area contributed by atoms with E-state index in [2.05, 4.69) is 20.6 Å². The first-order chi connectivity index (χ1) is 10.1. The van der Waals surface area contributed by atoms with Gasteiger partial charge in [0.05, 0.1) is 10.6 Å². The maximum absolute atomic E-state index is 13.0. The van der Waals surface area contributed by atoms with E-state index in [9.17, 15) is 9.18 Å². The highest BCUT2D eigenvalue weighted by Crippen LogP contribution is 2.23. The van der Waals surface area contributed by atoms with E-state index in [0.717, 1.165) is 12.8 Å². The van der Waals surface area contributed by atoms with E-state index in [4.69, 9.17) is 11.6 Å². The minimum Gasteiger partial charge on any atom is -0.351 e. The van der Waals surface area contributed by atoms with E-state index in [1.165, 1.54) is 30.6 Å². The van der Waals surface area contributed by atoms with Crippen LogP contribution in [0.3, 0.4) is 0 Å². The number of rotatable bonds is 4. The highest BCUT2D eigenvalue weighted by atomic mass is 35.5. The van der Waals surface area contributed by atoms with Gasteiger partial charge in [0.2, 0.25) is 5.95 Å². The average Bonchev–Trinajstić information content (AvgIpc) is 3.28. The fourth-order valence-corrected chi connectivity index (χ4v) is 1.89. The van der Waals surface area contributed by atoms with Crippen LogP contribution in [-0.2, 0) is 0 Å². The molecule has 5 nitrogen and oxygen atoms in total. The van der Waals surface area contributed by atoms with Crippen molar-refractivity contribution in [3.05, 3.63) is 47.0 Å². The number of nitrogens with one attached hydrogen (secondary N) is 2. The maximum atomic E-state index is 13.0. The minimum atomic E-state index is -0.534. The normalized spacial score (nSPS) is 13.8. The summed E-state index contributed by atoms with van der Waals surface area (Å²) < 4.78 is 13.0. The van der Waals surface area contributed by atoms with Crippen LogP contribution in [0.15, 0.2) is 30.6 Å². The second-order valence-electron chi connectivity index (χ2n) is 4.80. The van der Waals surface area contributed by atoms with Crippen molar-refractivity contribution in [3.63, 3.8) is 0 Å². The summed E-state index contributed by atoms with van der Waals surface area (Å²) in [7, 11) is 0. The molecule has 2 aromatic rings. The molecule has 0 atom stereocenters. The lowest BCUT2D eigenvalue weighted by Crippen LogP contribution is -2.14. The highest BCUT2D eigenvalue weighted by Gasteiger charge is 2.21. The molecule has 1 aliphatic rings. The van der Waals surface area contributed by atoms with Crippen LogP contribution in [0.2, 0.25) is 5.02 Å². The van der Waals surface area contributed by atoms with Gasteiger partial charge in [-0.15, -0.1) is 0 Å². The number of benzene rings is 1. The van der Waals surface area contributed by atoms with E-state index < -0.39 is 5.82 Å². The van der Waals surface area contributed by atoms with Crippen molar-refractivity contribution in [3.8, 4) is 0 Å². The Morgan fingerprint density at radius 1 is 1.29 bits per heavy atom. The molecule has 0 bridgehead atoms. The number of aromatic nitrogens is 2. The third-order valence-electron chi connectivity index (χ3n) is 3.00. The van der Waals surface area contributed by atoms with Crippen molar-refractivity contribution in [2.45, 2.75) is 18.9 Å². The summed E-state index contributed by atoms with van der Waals surface area (Å²) in [5.41, 5.74) is 0.725. The summed E-state index contributed by atoms with van der Waals surface area (Å²) in [5, 5.41) is 5.69. The third kappa shape index (κ3) is 3.46. The zero-order valence-electron chi connectivity index (χ0n) is 10.9. The number of hydrogen-bond donors (Lipinski definition) is 2. The Morgan fingerprint density at radius 2 is 2.00 bits per heavy atom. The number of nitrogens with zero attached hydrogens (tertiary/aromatic N) is 2. The number of hydrogen-bond acceptors (Lipinski definition) is 4. The number of amides is 1. The zero-order chi connectivity index (χ0) is 14.8. The summed E-state index contributed by atoms with van der Waals surface area (Å²) in [6, 6.07) is 4.42. The Labute approximate surface area is 125 Å². The Hall–Kier alpha value is -2.21. The molecule has 1 fully saturated rings. The monoisotopic (exact) mass is 306 g/mol. The van der Waals surface area contributed by atoms with E-state index in [0.29, 0.717) is 23.2 Å². The van der Waals surface area contributed by atoms with Crippen LogP contribution in [0.4, 0.5) is 16.0 Å². The molecule has 0 aliphatic heterocycles. The molecule has 0 radical (unpaired) electrons. The quantitative estimate of drug-likeness (QED) is 0.911. The Balaban J connectivity index is 1.67. The van der Waals surface area contributed by atoms with Gasteiger partial charge < -0.3 is 10.6 Å². The second kappa shape index (κ2) is 5.65. The second-order valence-corrected chi connectivity index (χ2v) is 5.20. The number of carbonyl (C=O) groups excluding carboxylic acids is 1. The lowest BCUT2D eigenvalue weighted by Gasteiger charge is -2.06. The standard InChI is InChI=1S/C14H12ClFN4O/c15-11-5-10(3-4-12(11)16)19-13(21)8-6-17-14(18-7-8)20-9-1-2-9/h3-7,9H,1-2H2,(H,19,21)(H,17,18,20). The predicted octanol–water partition coefficient (Wildman–Crippen LogP) is 3.10.